The lowest BCUT2D eigenvalue weighted by molar-refractivity contribution is -0.136. The van der Waals surface area contributed by atoms with E-state index in [9.17, 15) is 14.4 Å². The maximum atomic E-state index is 12.5. The first kappa shape index (κ1) is 21.9. The molecular formula is C22H32N2O4. The van der Waals surface area contributed by atoms with Gasteiger partial charge in [0.25, 0.3) is 0 Å². The van der Waals surface area contributed by atoms with E-state index in [1.807, 2.05) is 11.9 Å². The number of hydrogen-bond acceptors (Lipinski definition) is 4. The lowest BCUT2D eigenvalue weighted by Gasteiger charge is -2.30. The van der Waals surface area contributed by atoms with Crippen molar-refractivity contribution >= 4 is 23.5 Å². The molecule has 6 nitrogen and oxygen atoms in total. The van der Waals surface area contributed by atoms with Crippen molar-refractivity contribution in [3.8, 4) is 0 Å². The zero-order valence-electron chi connectivity index (χ0n) is 17.2. The Labute approximate surface area is 167 Å². The number of anilines is 1. The third kappa shape index (κ3) is 6.08. The maximum Gasteiger partial charge on any atom is 0.338 e. The van der Waals surface area contributed by atoms with E-state index in [1.54, 1.807) is 31.2 Å². The maximum absolute atomic E-state index is 12.5. The fraction of sp³-hybridized carbons (Fsp3) is 0.591. The van der Waals surface area contributed by atoms with Gasteiger partial charge in [-0.25, -0.2) is 4.79 Å². The van der Waals surface area contributed by atoms with Crippen LogP contribution in [0.4, 0.5) is 5.69 Å². The first-order valence-electron chi connectivity index (χ1n) is 10.3. The molecule has 28 heavy (non-hydrogen) atoms. The van der Waals surface area contributed by atoms with Crippen LogP contribution < -0.4 is 5.32 Å². The van der Waals surface area contributed by atoms with Gasteiger partial charge in [0.2, 0.25) is 11.8 Å². The molecule has 0 aliphatic heterocycles. The van der Waals surface area contributed by atoms with E-state index in [0.29, 0.717) is 17.9 Å². The van der Waals surface area contributed by atoms with Gasteiger partial charge in [-0.05, 0) is 63.3 Å². The van der Waals surface area contributed by atoms with Crippen molar-refractivity contribution in [2.45, 2.75) is 52.4 Å². The Morgan fingerprint density at radius 1 is 1.04 bits per heavy atom. The molecule has 0 aromatic heterocycles. The smallest absolute Gasteiger partial charge is 0.338 e. The number of amides is 2. The Hall–Kier alpha value is -2.37. The number of carbonyl (C=O) groups excluding carboxylic acids is 3. The second kappa shape index (κ2) is 10.8. The van der Waals surface area contributed by atoms with Crippen LogP contribution in [0.3, 0.4) is 0 Å². The van der Waals surface area contributed by atoms with E-state index in [-0.39, 0.29) is 29.6 Å². The van der Waals surface area contributed by atoms with Crippen molar-refractivity contribution in [2.24, 2.45) is 11.8 Å². The molecule has 0 unspecified atom stereocenters. The molecule has 0 atom stereocenters. The average Bonchev–Trinajstić information content (AvgIpc) is 2.72. The van der Waals surface area contributed by atoms with Crippen LogP contribution in [0.1, 0.15) is 62.7 Å². The molecule has 0 radical (unpaired) electrons. The first-order valence-corrected chi connectivity index (χ1v) is 10.3. The second-order valence-electron chi connectivity index (χ2n) is 7.45. The number of hydrogen-bond donors (Lipinski definition) is 1. The largest absolute Gasteiger partial charge is 0.462 e. The highest BCUT2D eigenvalue weighted by Crippen LogP contribution is 2.31. The van der Waals surface area contributed by atoms with Crippen molar-refractivity contribution in [1.29, 1.82) is 0 Å². The zero-order chi connectivity index (χ0) is 20.5. The van der Waals surface area contributed by atoms with Crippen LogP contribution >= 0.6 is 0 Å². The van der Waals surface area contributed by atoms with Crippen molar-refractivity contribution in [1.82, 2.24) is 4.90 Å². The van der Waals surface area contributed by atoms with Crippen molar-refractivity contribution in [3.63, 3.8) is 0 Å². The number of unbranched alkanes of at least 4 members (excludes halogenated alkanes) is 1. The van der Waals surface area contributed by atoms with Gasteiger partial charge in [-0.3, -0.25) is 9.59 Å². The fourth-order valence-electron chi connectivity index (χ4n) is 3.57. The zero-order valence-corrected chi connectivity index (χ0v) is 17.2. The molecule has 1 aliphatic carbocycles. The lowest BCUT2D eigenvalue weighted by Crippen LogP contribution is -2.37. The lowest BCUT2D eigenvalue weighted by atomic mass is 9.81. The van der Waals surface area contributed by atoms with Gasteiger partial charge >= 0.3 is 5.97 Å². The number of carbonyl (C=O) groups is 3. The molecule has 1 N–H and O–H groups in total. The summed E-state index contributed by atoms with van der Waals surface area (Å²) in [4.78, 5) is 38.5. The molecule has 2 rings (SSSR count). The summed E-state index contributed by atoms with van der Waals surface area (Å²) in [6.07, 6.45) is 5.07. The van der Waals surface area contributed by atoms with E-state index < -0.39 is 0 Å². The van der Waals surface area contributed by atoms with Crippen molar-refractivity contribution in [3.05, 3.63) is 29.8 Å². The Bertz CT molecular complexity index is 664. The van der Waals surface area contributed by atoms with Crippen LogP contribution in [0.25, 0.3) is 0 Å². The highest BCUT2D eigenvalue weighted by molar-refractivity contribution is 5.94. The SMILES string of the molecule is CCCCN(C)C(=O)C1CCC(C(=O)Nc2ccc(C(=O)OCC)cc2)CC1. The third-order valence-corrected chi connectivity index (χ3v) is 5.33. The van der Waals surface area contributed by atoms with Crippen LogP contribution in [0.5, 0.6) is 0 Å². The Morgan fingerprint density at radius 3 is 2.21 bits per heavy atom. The van der Waals surface area contributed by atoms with Gasteiger partial charge in [-0.15, -0.1) is 0 Å². The number of ether oxygens (including phenoxy) is 1. The molecule has 1 saturated carbocycles. The number of nitrogens with zero attached hydrogens (tertiary/aromatic N) is 1. The Kier molecular flexibility index (Phi) is 8.48. The average molecular weight is 389 g/mol. The normalized spacial score (nSPS) is 19.0. The van der Waals surface area contributed by atoms with E-state index in [2.05, 4.69) is 12.2 Å². The molecule has 0 bridgehead atoms. The Balaban J connectivity index is 1.82. The molecule has 0 spiro atoms. The molecule has 2 amide bonds. The summed E-state index contributed by atoms with van der Waals surface area (Å²) in [5, 5.41) is 2.92. The molecule has 6 heteroatoms. The summed E-state index contributed by atoms with van der Waals surface area (Å²) in [7, 11) is 1.87. The summed E-state index contributed by atoms with van der Waals surface area (Å²) in [6, 6.07) is 6.72. The first-order chi connectivity index (χ1) is 13.5. The molecule has 0 saturated heterocycles. The number of benzene rings is 1. The van der Waals surface area contributed by atoms with E-state index in [0.717, 1.165) is 45.1 Å². The molecule has 0 heterocycles. The van der Waals surface area contributed by atoms with Gasteiger partial charge in [0.1, 0.15) is 0 Å². The monoisotopic (exact) mass is 388 g/mol. The second-order valence-corrected chi connectivity index (χ2v) is 7.45. The topological polar surface area (TPSA) is 75.7 Å². The van der Waals surface area contributed by atoms with Gasteiger partial charge in [-0.1, -0.05) is 13.3 Å². The van der Waals surface area contributed by atoms with Gasteiger partial charge in [0.05, 0.1) is 12.2 Å². The summed E-state index contributed by atoms with van der Waals surface area (Å²) in [5.41, 5.74) is 1.13. The van der Waals surface area contributed by atoms with E-state index in [4.69, 9.17) is 4.74 Å². The number of esters is 1. The molecule has 1 fully saturated rings. The van der Waals surface area contributed by atoms with Crippen LogP contribution in [0, 0.1) is 11.8 Å². The Morgan fingerprint density at radius 2 is 1.64 bits per heavy atom. The summed E-state index contributed by atoms with van der Waals surface area (Å²) < 4.78 is 4.95. The van der Waals surface area contributed by atoms with Gasteiger partial charge in [-0.2, -0.15) is 0 Å². The minimum atomic E-state index is -0.368. The van der Waals surface area contributed by atoms with Gasteiger partial charge < -0.3 is 15.0 Å². The van der Waals surface area contributed by atoms with Gasteiger partial charge in [0.15, 0.2) is 0 Å². The van der Waals surface area contributed by atoms with Crippen molar-refractivity contribution in [2.75, 3.05) is 25.5 Å². The quantitative estimate of drug-likeness (QED) is 0.686. The fourth-order valence-corrected chi connectivity index (χ4v) is 3.57. The van der Waals surface area contributed by atoms with E-state index >= 15 is 0 Å². The highest BCUT2D eigenvalue weighted by Gasteiger charge is 2.31. The van der Waals surface area contributed by atoms with Crippen LogP contribution in [0.15, 0.2) is 24.3 Å². The molecular weight excluding hydrogens is 356 g/mol. The highest BCUT2D eigenvalue weighted by atomic mass is 16.5. The minimum absolute atomic E-state index is 0.0193. The predicted octanol–water partition coefficient (Wildman–Crippen LogP) is 3.87. The van der Waals surface area contributed by atoms with E-state index in [1.165, 1.54) is 0 Å². The van der Waals surface area contributed by atoms with Crippen molar-refractivity contribution < 1.29 is 19.1 Å². The van der Waals surface area contributed by atoms with Crippen LogP contribution in [0.2, 0.25) is 0 Å². The van der Waals surface area contributed by atoms with Crippen LogP contribution in [-0.4, -0.2) is 42.9 Å². The molecule has 1 aromatic carbocycles. The molecule has 154 valence electrons. The predicted molar refractivity (Wildman–Crippen MR) is 109 cm³/mol. The third-order valence-electron chi connectivity index (χ3n) is 5.33. The summed E-state index contributed by atoms with van der Waals surface area (Å²) in [5.74, 6) is -0.215. The molecule has 1 aromatic rings. The molecule has 1 aliphatic rings. The number of nitrogens with one attached hydrogen (secondary N) is 1. The standard InChI is InChI=1S/C22H32N2O4/c1-4-6-15-24(3)21(26)17-9-7-16(8-10-17)20(25)23-19-13-11-18(12-14-19)22(27)28-5-2/h11-14,16-17H,4-10,15H2,1-3H3,(H,23,25). The number of rotatable bonds is 8. The minimum Gasteiger partial charge on any atom is -0.462 e. The van der Waals surface area contributed by atoms with Crippen LogP contribution in [-0.2, 0) is 14.3 Å². The summed E-state index contributed by atoms with van der Waals surface area (Å²) >= 11 is 0. The summed E-state index contributed by atoms with van der Waals surface area (Å²) in [6.45, 7) is 5.01. The van der Waals surface area contributed by atoms with Gasteiger partial charge in [0, 0.05) is 31.1 Å².